The number of hydrogen-bond donors (Lipinski definition) is 2. The van der Waals surface area contributed by atoms with Crippen LogP contribution in [0.2, 0.25) is 0 Å². The molecule has 1 atom stereocenters. The molecule has 4 N–H and O–H groups in total. The minimum absolute atomic E-state index is 0.101. The predicted octanol–water partition coefficient (Wildman–Crippen LogP) is 0.312. The first-order valence-corrected chi connectivity index (χ1v) is 8.04. The molecule has 0 bridgehead atoms. The zero-order valence-electron chi connectivity index (χ0n) is 13.6. The van der Waals surface area contributed by atoms with Gasteiger partial charge in [-0.2, -0.15) is 0 Å². The summed E-state index contributed by atoms with van der Waals surface area (Å²) in [6, 6.07) is 9.72. The normalized spacial score (nSPS) is 17.7. The van der Waals surface area contributed by atoms with Gasteiger partial charge in [0.2, 0.25) is 11.8 Å². The van der Waals surface area contributed by atoms with Crippen LogP contribution in [0.25, 0.3) is 0 Å². The lowest BCUT2D eigenvalue weighted by Crippen LogP contribution is -2.51. The van der Waals surface area contributed by atoms with Crippen LogP contribution in [0.4, 0.5) is 0 Å². The topological polar surface area (TPSA) is 92.7 Å². The second kappa shape index (κ2) is 8.08. The zero-order chi connectivity index (χ0) is 16.8. The van der Waals surface area contributed by atoms with E-state index in [1.807, 2.05) is 6.07 Å². The Morgan fingerprint density at radius 1 is 1.26 bits per heavy atom. The van der Waals surface area contributed by atoms with E-state index in [4.69, 9.17) is 11.5 Å². The molecule has 126 valence electrons. The van der Waals surface area contributed by atoms with E-state index in [1.54, 1.807) is 11.9 Å². The second-order valence-corrected chi connectivity index (χ2v) is 6.22. The van der Waals surface area contributed by atoms with Crippen molar-refractivity contribution in [3.05, 3.63) is 35.9 Å². The molecule has 0 aromatic heterocycles. The quantitative estimate of drug-likeness (QED) is 0.789. The molecule has 0 aliphatic carbocycles. The molecular formula is C17H26N4O2. The van der Waals surface area contributed by atoms with Gasteiger partial charge in [0.1, 0.15) is 0 Å². The van der Waals surface area contributed by atoms with Crippen LogP contribution in [0, 0.1) is 0 Å². The summed E-state index contributed by atoms with van der Waals surface area (Å²) in [5.41, 5.74) is 12.2. The number of likely N-dealkylation sites (tertiary alicyclic amines) is 1. The Morgan fingerprint density at radius 3 is 2.43 bits per heavy atom. The fourth-order valence-electron chi connectivity index (χ4n) is 3.05. The minimum atomic E-state index is -0.833. The van der Waals surface area contributed by atoms with Gasteiger partial charge >= 0.3 is 0 Å². The third-order valence-electron chi connectivity index (χ3n) is 4.44. The van der Waals surface area contributed by atoms with Crippen LogP contribution in [-0.4, -0.2) is 53.8 Å². The molecule has 1 aliphatic rings. The molecule has 1 aliphatic heterocycles. The minimum Gasteiger partial charge on any atom is -0.370 e. The molecule has 0 saturated carbocycles. The zero-order valence-corrected chi connectivity index (χ0v) is 13.6. The monoisotopic (exact) mass is 318 g/mol. The molecule has 23 heavy (non-hydrogen) atoms. The number of carbonyl (C=O) groups excluding carboxylic acids is 2. The van der Waals surface area contributed by atoms with E-state index in [1.165, 1.54) is 5.56 Å². The number of amides is 2. The summed E-state index contributed by atoms with van der Waals surface area (Å²) in [7, 11) is 1.76. The van der Waals surface area contributed by atoms with Gasteiger partial charge in [-0.1, -0.05) is 30.3 Å². The maximum absolute atomic E-state index is 12.2. The van der Waals surface area contributed by atoms with E-state index in [0.717, 1.165) is 32.5 Å². The number of primary amides is 1. The Hall–Kier alpha value is -1.92. The van der Waals surface area contributed by atoms with E-state index in [-0.39, 0.29) is 18.4 Å². The van der Waals surface area contributed by atoms with E-state index < -0.39 is 11.9 Å². The van der Waals surface area contributed by atoms with Gasteiger partial charge in [0, 0.05) is 32.7 Å². The molecule has 6 nitrogen and oxygen atoms in total. The Kier molecular flexibility index (Phi) is 6.12. The molecule has 1 saturated heterocycles. The first-order valence-electron chi connectivity index (χ1n) is 8.04. The van der Waals surface area contributed by atoms with Gasteiger partial charge in [0.05, 0.1) is 12.5 Å². The summed E-state index contributed by atoms with van der Waals surface area (Å²) >= 11 is 0. The van der Waals surface area contributed by atoms with Crippen LogP contribution in [0.1, 0.15) is 24.8 Å². The van der Waals surface area contributed by atoms with Gasteiger partial charge in [-0.3, -0.25) is 14.5 Å². The number of benzene rings is 1. The molecule has 2 rings (SSSR count). The highest BCUT2D eigenvalue weighted by Crippen LogP contribution is 2.18. The summed E-state index contributed by atoms with van der Waals surface area (Å²) in [6.45, 7) is 2.83. The van der Waals surface area contributed by atoms with Gasteiger partial charge < -0.3 is 16.4 Å². The fourth-order valence-corrected chi connectivity index (χ4v) is 3.05. The largest absolute Gasteiger partial charge is 0.370 e. The van der Waals surface area contributed by atoms with E-state index in [0.29, 0.717) is 0 Å². The molecule has 0 spiro atoms. The van der Waals surface area contributed by atoms with Crippen LogP contribution < -0.4 is 11.5 Å². The maximum Gasteiger partial charge on any atom is 0.240 e. The number of nitrogens with two attached hydrogens (primary N) is 2. The van der Waals surface area contributed by atoms with Crippen molar-refractivity contribution < 1.29 is 9.59 Å². The van der Waals surface area contributed by atoms with Crippen molar-refractivity contribution in [1.29, 1.82) is 0 Å². The highest BCUT2D eigenvalue weighted by molar-refractivity contribution is 5.87. The summed E-state index contributed by atoms with van der Waals surface area (Å²) in [6.07, 6.45) is 1.73. The predicted molar refractivity (Wildman–Crippen MR) is 89.3 cm³/mol. The average molecular weight is 318 g/mol. The van der Waals surface area contributed by atoms with Crippen LogP contribution in [-0.2, 0) is 16.1 Å². The number of piperidine rings is 1. The summed E-state index contributed by atoms with van der Waals surface area (Å²) in [5, 5.41) is 0. The van der Waals surface area contributed by atoms with Crippen molar-refractivity contribution in [2.75, 3.05) is 20.1 Å². The Labute approximate surface area is 137 Å². The molecule has 6 heteroatoms. The van der Waals surface area contributed by atoms with Gasteiger partial charge in [0.25, 0.3) is 0 Å². The van der Waals surface area contributed by atoms with Crippen molar-refractivity contribution in [1.82, 2.24) is 9.80 Å². The average Bonchev–Trinajstić information content (AvgIpc) is 2.54. The molecule has 1 unspecified atom stereocenters. The van der Waals surface area contributed by atoms with Gasteiger partial charge in [-0.15, -0.1) is 0 Å². The van der Waals surface area contributed by atoms with E-state index in [9.17, 15) is 9.59 Å². The Morgan fingerprint density at radius 2 is 1.87 bits per heavy atom. The molecule has 1 heterocycles. The maximum atomic E-state index is 12.2. The van der Waals surface area contributed by atoms with Crippen molar-refractivity contribution in [3.8, 4) is 0 Å². The SMILES string of the molecule is CN(C(=O)C(N)CC(N)=O)C1CCN(Cc2ccccc2)CC1. The van der Waals surface area contributed by atoms with Crippen LogP contribution >= 0.6 is 0 Å². The highest BCUT2D eigenvalue weighted by Gasteiger charge is 2.28. The van der Waals surface area contributed by atoms with Gasteiger partial charge in [0.15, 0.2) is 0 Å². The standard InChI is InChI=1S/C17H26N4O2/c1-20(17(23)15(18)11-16(19)22)14-7-9-21(10-8-14)12-13-5-3-2-4-6-13/h2-6,14-15H,7-12,18H2,1H3,(H2,19,22). The van der Waals surface area contributed by atoms with E-state index >= 15 is 0 Å². The lowest BCUT2D eigenvalue weighted by molar-refractivity contribution is -0.136. The van der Waals surface area contributed by atoms with Crippen molar-refractivity contribution in [3.63, 3.8) is 0 Å². The van der Waals surface area contributed by atoms with Crippen LogP contribution in [0.5, 0.6) is 0 Å². The summed E-state index contributed by atoms with van der Waals surface area (Å²) < 4.78 is 0. The molecule has 1 aromatic carbocycles. The summed E-state index contributed by atoms with van der Waals surface area (Å²) in [4.78, 5) is 27.2. The number of rotatable bonds is 6. The summed E-state index contributed by atoms with van der Waals surface area (Å²) in [5.74, 6) is -0.748. The first-order chi connectivity index (χ1) is 11.0. The van der Waals surface area contributed by atoms with Gasteiger partial charge in [-0.05, 0) is 18.4 Å². The number of nitrogens with zero attached hydrogens (tertiary/aromatic N) is 2. The second-order valence-electron chi connectivity index (χ2n) is 6.22. The van der Waals surface area contributed by atoms with E-state index in [2.05, 4.69) is 29.2 Å². The molecular weight excluding hydrogens is 292 g/mol. The number of likely N-dealkylation sites (N-methyl/N-ethyl adjacent to an activating group) is 1. The third-order valence-corrected chi connectivity index (χ3v) is 4.44. The van der Waals surface area contributed by atoms with Crippen molar-refractivity contribution in [2.24, 2.45) is 11.5 Å². The first kappa shape index (κ1) is 17.4. The van der Waals surface area contributed by atoms with Gasteiger partial charge in [-0.25, -0.2) is 0 Å². The molecule has 1 aromatic rings. The third kappa shape index (κ3) is 5.04. The highest BCUT2D eigenvalue weighted by atomic mass is 16.2. The lowest BCUT2D eigenvalue weighted by Gasteiger charge is -2.37. The smallest absolute Gasteiger partial charge is 0.240 e. The number of carbonyl (C=O) groups is 2. The molecule has 1 fully saturated rings. The number of hydrogen-bond acceptors (Lipinski definition) is 4. The van der Waals surface area contributed by atoms with Crippen molar-refractivity contribution in [2.45, 2.75) is 37.9 Å². The molecule has 0 radical (unpaired) electrons. The fraction of sp³-hybridized carbons (Fsp3) is 0.529. The lowest BCUT2D eigenvalue weighted by atomic mass is 10.0. The van der Waals surface area contributed by atoms with Crippen molar-refractivity contribution >= 4 is 11.8 Å². The van der Waals surface area contributed by atoms with Crippen LogP contribution in [0.15, 0.2) is 30.3 Å². The molecule has 2 amide bonds. The van der Waals surface area contributed by atoms with Crippen LogP contribution in [0.3, 0.4) is 0 Å². The Balaban J connectivity index is 1.81. The Bertz CT molecular complexity index is 527.